The fourth-order valence-corrected chi connectivity index (χ4v) is 1.74. The van der Waals surface area contributed by atoms with Gasteiger partial charge < -0.3 is 14.2 Å². The van der Waals surface area contributed by atoms with Crippen molar-refractivity contribution < 1.29 is 14.2 Å². The number of ether oxygens (including phenoxy) is 3. The molecule has 0 aliphatic rings. The smallest absolute Gasteiger partial charge is 0.162 e. The van der Waals surface area contributed by atoms with Crippen LogP contribution in [0.1, 0.15) is 11.1 Å². The molecule has 4 heteroatoms. The number of nitrogens with zero attached hydrogens (tertiary/aromatic N) is 1. The number of hydrogen-bond acceptors (Lipinski definition) is 4. The van der Waals surface area contributed by atoms with Gasteiger partial charge in [0.2, 0.25) is 0 Å². The van der Waals surface area contributed by atoms with Crippen LogP contribution >= 0.6 is 0 Å². The molecule has 0 radical (unpaired) electrons. The van der Waals surface area contributed by atoms with E-state index in [0.717, 1.165) is 11.3 Å². The van der Waals surface area contributed by atoms with Gasteiger partial charge in [0.15, 0.2) is 11.5 Å². The van der Waals surface area contributed by atoms with Crippen LogP contribution in [-0.2, 0) is 6.61 Å². The highest BCUT2D eigenvalue weighted by Crippen LogP contribution is 2.28. The van der Waals surface area contributed by atoms with Crippen LogP contribution in [0.25, 0.3) is 0 Å². The second-order valence-electron chi connectivity index (χ2n) is 4.11. The van der Waals surface area contributed by atoms with E-state index < -0.39 is 0 Å². The van der Waals surface area contributed by atoms with Gasteiger partial charge >= 0.3 is 0 Å². The molecule has 0 atom stereocenters. The van der Waals surface area contributed by atoms with Crippen molar-refractivity contribution in [1.82, 2.24) is 0 Å². The number of rotatable bonds is 5. The average Bonchev–Trinajstić information content (AvgIpc) is 2.53. The number of nitriles is 1. The monoisotopic (exact) mass is 269 g/mol. The van der Waals surface area contributed by atoms with E-state index in [-0.39, 0.29) is 0 Å². The molecule has 0 N–H and O–H groups in total. The molecule has 4 nitrogen and oxygen atoms in total. The van der Waals surface area contributed by atoms with Crippen molar-refractivity contribution in [3.63, 3.8) is 0 Å². The summed E-state index contributed by atoms with van der Waals surface area (Å²) in [5, 5.41) is 8.85. The van der Waals surface area contributed by atoms with E-state index >= 15 is 0 Å². The molecule has 0 aliphatic carbocycles. The molecule has 0 bridgehead atoms. The Morgan fingerprint density at radius 3 is 2.30 bits per heavy atom. The van der Waals surface area contributed by atoms with Crippen LogP contribution in [0, 0.1) is 11.3 Å². The van der Waals surface area contributed by atoms with Gasteiger partial charge in [0.25, 0.3) is 0 Å². The zero-order valence-electron chi connectivity index (χ0n) is 11.4. The van der Waals surface area contributed by atoms with Crippen LogP contribution in [0.2, 0.25) is 0 Å². The lowest BCUT2D eigenvalue weighted by Gasteiger charge is -2.11. The zero-order valence-corrected chi connectivity index (χ0v) is 11.4. The SMILES string of the molecule is COc1ccc(COc2ccc(C#N)cc2OC)cc1. The van der Waals surface area contributed by atoms with Crippen LogP contribution in [0.15, 0.2) is 42.5 Å². The van der Waals surface area contributed by atoms with Gasteiger partial charge in [-0.3, -0.25) is 0 Å². The molecule has 2 rings (SSSR count). The number of hydrogen-bond donors (Lipinski definition) is 0. The van der Waals surface area contributed by atoms with Crippen molar-refractivity contribution in [2.45, 2.75) is 6.61 Å². The van der Waals surface area contributed by atoms with E-state index in [1.54, 1.807) is 32.4 Å². The van der Waals surface area contributed by atoms with Crippen molar-refractivity contribution >= 4 is 0 Å². The third kappa shape index (κ3) is 3.21. The van der Waals surface area contributed by atoms with E-state index in [4.69, 9.17) is 19.5 Å². The highest BCUT2D eigenvalue weighted by atomic mass is 16.5. The Hall–Kier alpha value is -2.67. The van der Waals surface area contributed by atoms with Gasteiger partial charge in [-0.1, -0.05) is 12.1 Å². The van der Waals surface area contributed by atoms with Gasteiger partial charge in [-0.25, -0.2) is 0 Å². The zero-order chi connectivity index (χ0) is 14.4. The summed E-state index contributed by atoms with van der Waals surface area (Å²) in [6, 6.07) is 14.8. The third-order valence-electron chi connectivity index (χ3n) is 2.85. The lowest BCUT2D eigenvalue weighted by molar-refractivity contribution is 0.284. The summed E-state index contributed by atoms with van der Waals surface area (Å²) in [6.45, 7) is 0.423. The van der Waals surface area contributed by atoms with E-state index in [2.05, 4.69) is 6.07 Å². The van der Waals surface area contributed by atoms with E-state index in [9.17, 15) is 0 Å². The summed E-state index contributed by atoms with van der Waals surface area (Å²) in [5.74, 6) is 1.98. The average molecular weight is 269 g/mol. The van der Waals surface area contributed by atoms with Gasteiger partial charge in [-0.2, -0.15) is 5.26 Å². The molecule has 0 aliphatic heterocycles. The predicted molar refractivity (Wildman–Crippen MR) is 75.0 cm³/mol. The molecule has 0 saturated heterocycles. The van der Waals surface area contributed by atoms with Crippen LogP contribution in [0.4, 0.5) is 0 Å². The lowest BCUT2D eigenvalue weighted by Crippen LogP contribution is -1.98. The molecule has 102 valence electrons. The quantitative estimate of drug-likeness (QED) is 0.836. The first-order valence-electron chi connectivity index (χ1n) is 6.10. The fraction of sp³-hybridized carbons (Fsp3) is 0.188. The summed E-state index contributed by atoms with van der Waals surface area (Å²) in [4.78, 5) is 0. The molecule has 0 saturated carbocycles. The van der Waals surface area contributed by atoms with Crippen molar-refractivity contribution in [3.05, 3.63) is 53.6 Å². The van der Waals surface area contributed by atoms with Gasteiger partial charge in [-0.05, 0) is 29.8 Å². The van der Waals surface area contributed by atoms with Crippen LogP contribution in [0.5, 0.6) is 17.2 Å². The minimum Gasteiger partial charge on any atom is -0.497 e. The third-order valence-corrected chi connectivity index (χ3v) is 2.85. The van der Waals surface area contributed by atoms with Crippen molar-refractivity contribution in [1.29, 1.82) is 5.26 Å². The Labute approximate surface area is 118 Å². The summed E-state index contributed by atoms with van der Waals surface area (Å²) in [6.07, 6.45) is 0. The largest absolute Gasteiger partial charge is 0.497 e. The van der Waals surface area contributed by atoms with Crippen LogP contribution in [-0.4, -0.2) is 14.2 Å². The molecule has 0 fully saturated rings. The highest BCUT2D eigenvalue weighted by molar-refractivity contribution is 5.46. The predicted octanol–water partition coefficient (Wildman–Crippen LogP) is 3.15. The number of benzene rings is 2. The maximum absolute atomic E-state index is 8.85. The van der Waals surface area contributed by atoms with Gasteiger partial charge in [-0.15, -0.1) is 0 Å². The Balaban J connectivity index is 2.08. The fourth-order valence-electron chi connectivity index (χ4n) is 1.74. The van der Waals surface area contributed by atoms with Crippen LogP contribution in [0.3, 0.4) is 0 Å². The first-order chi connectivity index (χ1) is 9.76. The lowest BCUT2D eigenvalue weighted by atomic mass is 10.2. The molecule has 0 unspecified atom stereocenters. The second kappa shape index (κ2) is 6.48. The van der Waals surface area contributed by atoms with E-state index in [0.29, 0.717) is 23.7 Å². The summed E-state index contributed by atoms with van der Waals surface area (Å²) < 4.78 is 16.0. The molecule has 20 heavy (non-hydrogen) atoms. The number of methoxy groups -OCH3 is 2. The van der Waals surface area contributed by atoms with Gasteiger partial charge in [0.1, 0.15) is 12.4 Å². The highest BCUT2D eigenvalue weighted by Gasteiger charge is 2.06. The molecule has 2 aromatic carbocycles. The maximum atomic E-state index is 8.85. The molecular formula is C16H15NO3. The van der Waals surface area contributed by atoms with E-state index in [1.165, 1.54) is 0 Å². The molecular weight excluding hydrogens is 254 g/mol. The Morgan fingerprint density at radius 2 is 1.70 bits per heavy atom. The topological polar surface area (TPSA) is 51.5 Å². The minimum atomic E-state index is 0.423. The van der Waals surface area contributed by atoms with Crippen molar-refractivity contribution in [2.75, 3.05) is 14.2 Å². The summed E-state index contributed by atoms with van der Waals surface area (Å²) in [7, 11) is 3.18. The summed E-state index contributed by atoms with van der Waals surface area (Å²) >= 11 is 0. The normalized spacial score (nSPS) is 9.65. The standard InChI is InChI=1S/C16H15NO3/c1-18-14-6-3-12(4-7-14)11-20-15-8-5-13(10-17)9-16(15)19-2/h3-9H,11H2,1-2H3. The van der Waals surface area contributed by atoms with Crippen molar-refractivity contribution in [2.24, 2.45) is 0 Å². The summed E-state index contributed by atoms with van der Waals surface area (Å²) in [5.41, 5.74) is 1.57. The van der Waals surface area contributed by atoms with Gasteiger partial charge in [0.05, 0.1) is 25.9 Å². The first-order valence-corrected chi connectivity index (χ1v) is 6.10. The van der Waals surface area contributed by atoms with Gasteiger partial charge in [0, 0.05) is 6.07 Å². The molecule has 0 amide bonds. The van der Waals surface area contributed by atoms with Crippen molar-refractivity contribution in [3.8, 4) is 23.3 Å². The minimum absolute atomic E-state index is 0.423. The van der Waals surface area contributed by atoms with Crippen LogP contribution < -0.4 is 14.2 Å². The Morgan fingerprint density at radius 1 is 0.950 bits per heavy atom. The molecule has 0 heterocycles. The second-order valence-corrected chi connectivity index (χ2v) is 4.11. The van der Waals surface area contributed by atoms with E-state index in [1.807, 2.05) is 24.3 Å². The molecule has 0 spiro atoms. The maximum Gasteiger partial charge on any atom is 0.162 e. The Kier molecular flexibility index (Phi) is 4.46. The molecule has 2 aromatic rings. The first kappa shape index (κ1) is 13.8. The Bertz CT molecular complexity index is 615. The molecule has 0 aromatic heterocycles.